The second-order valence-corrected chi connectivity index (χ2v) is 9.77. The van der Waals surface area contributed by atoms with Crippen LogP contribution in [0.2, 0.25) is 0 Å². The summed E-state index contributed by atoms with van der Waals surface area (Å²) in [5.74, 6) is -2.63. The molecule has 3 aromatic carbocycles. The van der Waals surface area contributed by atoms with Crippen molar-refractivity contribution in [2.45, 2.75) is 18.7 Å². The molecular formula is C27H23NO7S. The molecule has 0 bridgehead atoms. The first-order valence-electron chi connectivity index (χ1n) is 11.1. The lowest BCUT2D eigenvalue weighted by Gasteiger charge is -2.32. The van der Waals surface area contributed by atoms with Crippen LogP contribution in [0.1, 0.15) is 38.8 Å². The lowest BCUT2D eigenvalue weighted by atomic mass is 10.0. The third-order valence-corrected chi connectivity index (χ3v) is 7.28. The average Bonchev–Trinajstić information content (AvgIpc) is 2.88. The molecule has 184 valence electrons. The molecule has 0 aromatic heterocycles. The molecule has 0 saturated carbocycles. The highest BCUT2D eigenvalue weighted by molar-refractivity contribution is 7.89. The highest BCUT2D eigenvalue weighted by Crippen LogP contribution is 2.39. The first-order valence-corrected chi connectivity index (χ1v) is 12.6. The van der Waals surface area contributed by atoms with Crippen LogP contribution in [0.3, 0.4) is 0 Å². The van der Waals surface area contributed by atoms with Crippen LogP contribution in [0.25, 0.3) is 5.76 Å². The lowest BCUT2D eigenvalue weighted by molar-refractivity contribution is -0.142. The van der Waals surface area contributed by atoms with E-state index in [1.54, 1.807) is 55.5 Å². The van der Waals surface area contributed by atoms with Gasteiger partial charge in [0.05, 0.1) is 17.1 Å². The lowest BCUT2D eigenvalue weighted by Crippen LogP contribution is -2.42. The van der Waals surface area contributed by atoms with Gasteiger partial charge in [0, 0.05) is 11.1 Å². The number of ether oxygens (including phenoxy) is 2. The van der Waals surface area contributed by atoms with Crippen molar-refractivity contribution in [3.05, 3.63) is 107 Å². The number of hydrogen-bond acceptors (Lipinski definition) is 7. The van der Waals surface area contributed by atoms with Gasteiger partial charge in [0.15, 0.2) is 5.76 Å². The van der Waals surface area contributed by atoms with Crippen LogP contribution in [0, 0.1) is 6.92 Å². The van der Waals surface area contributed by atoms with E-state index < -0.39 is 40.0 Å². The Labute approximate surface area is 208 Å². The number of sulfonamides is 1. The molecule has 0 aliphatic carbocycles. The number of fused-ring (bicyclic) bond motifs is 1. The largest absolute Gasteiger partial charge is 0.465 e. The number of nitrogens with zero attached hydrogens (tertiary/aromatic N) is 1. The zero-order valence-electron chi connectivity index (χ0n) is 19.6. The number of Topliss-reactive ketones (excluding diaryl/α,β-unsaturated/α-hetero) is 1. The van der Waals surface area contributed by atoms with Crippen LogP contribution in [-0.2, 0) is 24.3 Å². The number of ketones is 1. The summed E-state index contributed by atoms with van der Waals surface area (Å²) in [5, 5.41) is 0. The molecule has 36 heavy (non-hydrogen) atoms. The summed E-state index contributed by atoms with van der Waals surface area (Å²) in [6.07, 6.45) is 0. The summed E-state index contributed by atoms with van der Waals surface area (Å²) in [6, 6.07) is 20.4. The minimum atomic E-state index is -4.37. The van der Waals surface area contributed by atoms with Crippen molar-refractivity contribution in [2.24, 2.45) is 0 Å². The molecule has 0 atom stereocenters. The van der Waals surface area contributed by atoms with E-state index in [4.69, 9.17) is 9.47 Å². The monoisotopic (exact) mass is 505 g/mol. The van der Waals surface area contributed by atoms with Crippen LogP contribution < -0.4 is 0 Å². The molecule has 4 rings (SSSR count). The molecule has 0 saturated heterocycles. The molecule has 0 amide bonds. The molecule has 0 unspecified atom stereocenters. The Balaban J connectivity index is 1.95. The number of allylic oxidation sites excluding steroid dienone is 1. The van der Waals surface area contributed by atoms with E-state index in [1.807, 2.05) is 6.92 Å². The quantitative estimate of drug-likeness (QED) is 0.353. The third-order valence-electron chi connectivity index (χ3n) is 5.48. The Morgan fingerprint density at radius 1 is 0.833 bits per heavy atom. The zero-order chi connectivity index (χ0) is 25.9. The molecule has 0 radical (unpaired) electrons. The second-order valence-electron chi connectivity index (χ2n) is 7.94. The molecule has 1 heterocycles. The normalized spacial score (nSPS) is 14.1. The van der Waals surface area contributed by atoms with E-state index in [0.29, 0.717) is 4.31 Å². The van der Waals surface area contributed by atoms with Gasteiger partial charge >= 0.3 is 11.9 Å². The molecule has 8 nitrogen and oxygen atoms in total. The van der Waals surface area contributed by atoms with Crippen LogP contribution in [0.15, 0.2) is 89.5 Å². The van der Waals surface area contributed by atoms with Crippen LogP contribution >= 0.6 is 0 Å². The average molecular weight is 506 g/mol. The predicted molar refractivity (Wildman–Crippen MR) is 131 cm³/mol. The summed E-state index contributed by atoms with van der Waals surface area (Å²) in [5.41, 5.74) is 0.883. The summed E-state index contributed by atoms with van der Waals surface area (Å²) >= 11 is 0. The number of carbonyl (C=O) groups is 3. The van der Waals surface area contributed by atoms with E-state index in [-0.39, 0.29) is 34.0 Å². The van der Waals surface area contributed by atoms with Crippen molar-refractivity contribution in [1.29, 1.82) is 0 Å². The number of hydrogen-bond donors (Lipinski definition) is 0. The number of rotatable bonds is 7. The van der Waals surface area contributed by atoms with Gasteiger partial charge in [-0.2, -0.15) is 0 Å². The number of esters is 2. The summed E-state index contributed by atoms with van der Waals surface area (Å²) in [7, 11) is -4.37. The third kappa shape index (κ3) is 4.78. The van der Waals surface area contributed by atoms with E-state index in [9.17, 15) is 22.8 Å². The first kappa shape index (κ1) is 24.9. The number of benzene rings is 3. The SMILES string of the molecule is CCOC(=O)CN1C(C(=O)c2ccccc2)=C(OC(=O)c2ccc(C)cc2)c2ccccc2S1(=O)=O. The van der Waals surface area contributed by atoms with Gasteiger partial charge in [0.2, 0.25) is 5.78 Å². The Morgan fingerprint density at radius 3 is 2.14 bits per heavy atom. The number of carbonyl (C=O) groups excluding carboxylic acids is 3. The molecule has 0 fully saturated rings. The maximum absolute atomic E-state index is 13.7. The standard InChI is InChI=1S/C27H23NO7S/c1-3-34-23(29)17-28-24(25(30)19-9-5-4-6-10-19)26(21-11-7-8-12-22(21)36(28,32)33)35-27(31)20-15-13-18(2)14-16-20/h4-16H,3,17H2,1-2H3. The van der Waals surface area contributed by atoms with Gasteiger partial charge < -0.3 is 9.47 Å². The van der Waals surface area contributed by atoms with Crippen molar-refractivity contribution in [3.63, 3.8) is 0 Å². The molecule has 9 heteroatoms. The van der Waals surface area contributed by atoms with E-state index in [1.165, 1.54) is 30.3 Å². The second kappa shape index (κ2) is 10.2. The predicted octanol–water partition coefficient (Wildman–Crippen LogP) is 3.97. The van der Waals surface area contributed by atoms with E-state index in [2.05, 4.69) is 0 Å². The fourth-order valence-corrected chi connectivity index (χ4v) is 5.34. The Kier molecular flexibility index (Phi) is 7.03. The molecule has 1 aliphatic rings. The highest BCUT2D eigenvalue weighted by Gasteiger charge is 2.43. The highest BCUT2D eigenvalue weighted by atomic mass is 32.2. The van der Waals surface area contributed by atoms with Crippen molar-refractivity contribution in [3.8, 4) is 0 Å². The van der Waals surface area contributed by atoms with Crippen molar-refractivity contribution < 1.29 is 32.3 Å². The fourth-order valence-electron chi connectivity index (χ4n) is 3.73. The van der Waals surface area contributed by atoms with Gasteiger partial charge in [0.25, 0.3) is 10.0 Å². The minimum Gasteiger partial charge on any atom is -0.465 e. The summed E-state index contributed by atoms with van der Waals surface area (Å²) in [6.45, 7) is 2.69. The minimum absolute atomic E-state index is 0.0181. The fraction of sp³-hybridized carbons (Fsp3) is 0.148. The van der Waals surface area contributed by atoms with Crippen LogP contribution in [-0.4, -0.2) is 43.6 Å². The van der Waals surface area contributed by atoms with Crippen molar-refractivity contribution in [1.82, 2.24) is 4.31 Å². The molecule has 3 aromatic rings. The van der Waals surface area contributed by atoms with Crippen LogP contribution in [0.5, 0.6) is 0 Å². The Hall–Kier alpha value is -4.24. The van der Waals surface area contributed by atoms with Crippen LogP contribution in [0.4, 0.5) is 0 Å². The van der Waals surface area contributed by atoms with Gasteiger partial charge in [-0.1, -0.05) is 60.2 Å². The zero-order valence-corrected chi connectivity index (χ0v) is 20.4. The molecule has 0 spiro atoms. The summed E-state index contributed by atoms with van der Waals surface area (Å²) in [4.78, 5) is 39.0. The van der Waals surface area contributed by atoms with Gasteiger partial charge in [0.1, 0.15) is 12.2 Å². The molecular weight excluding hydrogens is 482 g/mol. The van der Waals surface area contributed by atoms with E-state index in [0.717, 1.165) is 5.56 Å². The van der Waals surface area contributed by atoms with Crippen molar-refractivity contribution in [2.75, 3.05) is 13.2 Å². The molecule has 1 aliphatic heterocycles. The van der Waals surface area contributed by atoms with Gasteiger partial charge in [-0.05, 0) is 38.1 Å². The van der Waals surface area contributed by atoms with Crippen molar-refractivity contribution >= 4 is 33.5 Å². The first-order chi connectivity index (χ1) is 17.2. The topological polar surface area (TPSA) is 107 Å². The molecule has 0 N–H and O–H groups in total. The van der Waals surface area contributed by atoms with Gasteiger partial charge in [-0.25, -0.2) is 17.5 Å². The smallest absolute Gasteiger partial charge is 0.343 e. The van der Waals surface area contributed by atoms with E-state index >= 15 is 0 Å². The van der Waals surface area contributed by atoms with Gasteiger partial charge in [-0.3, -0.25) is 9.59 Å². The van der Waals surface area contributed by atoms with Gasteiger partial charge in [-0.15, -0.1) is 0 Å². The number of aryl methyl sites for hydroxylation is 1. The summed E-state index contributed by atoms with van der Waals surface area (Å²) < 4.78 is 38.6. The Morgan fingerprint density at radius 2 is 1.47 bits per heavy atom. The maximum Gasteiger partial charge on any atom is 0.343 e. The Bertz CT molecular complexity index is 1460. The maximum atomic E-state index is 13.7.